The van der Waals surface area contributed by atoms with Gasteiger partial charge in [0.1, 0.15) is 0 Å². The second-order valence-electron chi connectivity index (χ2n) is 4.68. The van der Waals surface area contributed by atoms with Crippen molar-refractivity contribution in [2.75, 3.05) is 0 Å². The van der Waals surface area contributed by atoms with Gasteiger partial charge in [-0.05, 0) is 23.3 Å². The molecule has 3 rings (SSSR count). The van der Waals surface area contributed by atoms with E-state index in [1.165, 1.54) is 16.3 Å². The number of benzene rings is 2. The topological polar surface area (TPSA) is 38.1 Å². The van der Waals surface area contributed by atoms with Gasteiger partial charge in [-0.25, -0.2) is 0 Å². The third kappa shape index (κ3) is 2.66. The fourth-order valence-corrected chi connectivity index (χ4v) is 2.27. The quantitative estimate of drug-likeness (QED) is 0.773. The molecule has 3 aromatic rings. The summed E-state index contributed by atoms with van der Waals surface area (Å²) in [7, 11) is 0. The van der Waals surface area contributed by atoms with Gasteiger partial charge in [0, 0.05) is 12.6 Å². The van der Waals surface area contributed by atoms with Gasteiger partial charge in [0.25, 0.3) is 0 Å². The molecular weight excluding hydrogens is 236 g/mol. The lowest BCUT2D eigenvalue weighted by Crippen LogP contribution is -2.12. The first-order valence-corrected chi connectivity index (χ1v) is 6.42. The van der Waals surface area contributed by atoms with E-state index >= 15 is 0 Å². The third-order valence-corrected chi connectivity index (χ3v) is 3.17. The summed E-state index contributed by atoms with van der Waals surface area (Å²) >= 11 is 0. The van der Waals surface area contributed by atoms with Crippen molar-refractivity contribution in [1.29, 1.82) is 0 Å². The number of hydrogen-bond acceptors (Lipinski definition) is 3. The number of nitrogens with one attached hydrogen (secondary N) is 1. The van der Waals surface area contributed by atoms with Crippen molar-refractivity contribution < 1.29 is 4.52 Å². The minimum Gasteiger partial charge on any atom is -0.360 e. The summed E-state index contributed by atoms with van der Waals surface area (Å²) in [5, 5.41) is 9.84. The van der Waals surface area contributed by atoms with Crippen LogP contribution in [0.25, 0.3) is 10.8 Å². The molecular formula is C16H16N2O. The smallest absolute Gasteiger partial charge is 0.150 e. The van der Waals surface area contributed by atoms with Gasteiger partial charge in [0.2, 0.25) is 0 Å². The highest BCUT2D eigenvalue weighted by atomic mass is 16.5. The van der Waals surface area contributed by atoms with Crippen LogP contribution in [0.2, 0.25) is 0 Å². The molecule has 1 heterocycles. The van der Waals surface area contributed by atoms with E-state index in [4.69, 9.17) is 4.52 Å². The largest absolute Gasteiger partial charge is 0.360 e. The van der Waals surface area contributed by atoms with Gasteiger partial charge in [0.05, 0.1) is 12.2 Å². The summed E-state index contributed by atoms with van der Waals surface area (Å²) in [6, 6.07) is 16.8. The van der Waals surface area contributed by atoms with Crippen LogP contribution in [0.3, 0.4) is 0 Å². The van der Waals surface area contributed by atoms with Gasteiger partial charge in [-0.3, -0.25) is 0 Å². The zero-order valence-electron chi connectivity index (χ0n) is 10.9. The van der Waals surface area contributed by atoms with Crippen LogP contribution in [0.4, 0.5) is 0 Å². The van der Waals surface area contributed by atoms with Gasteiger partial charge in [-0.15, -0.1) is 0 Å². The summed E-state index contributed by atoms with van der Waals surface area (Å²) < 4.78 is 5.18. The lowest BCUT2D eigenvalue weighted by atomic mass is 10.0. The number of nitrogens with zero attached hydrogens (tertiary/aromatic N) is 1. The summed E-state index contributed by atoms with van der Waals surface area (Å²) in [6.45, 7) is 3.45. The summed E-state index contributed by atoms with van der Waals surface area (Å²) in [4.78, 5) is 0. The van der Waals surface area contributed by atoms with Gasteiger partial charge in [-0.1, -0.05) is 47.6 Å². The lowest BCUT2D eigenvalue weighted by molar-refractivity contribution is 0.369. The SMILES string of the molecule is Cc1cc(CNCc2cccc3ccccc23)on1. The Morgan fingerprint density at radius 3 is 2.74 bits per heavy atom. The van der Waals surface area contributed by atoms with Crippen molar-refractivity contribution in [3.05, 3.63) is 65.5 Å². The fraction of sp³-hybridized carbons (Fsp3) is 0.188. The first-order chi connectivity index (χ1) is 9.33. The van der Waals surface area contributed by atoms with Gasteiger partial charge < -0.3 is 9.84 Å². The second-order valence-corrected chi connectivity index (χ2v) is 4.68. The first-order valence-electron chi connectivity index (χ1n) is 6.42. The Bertz CT molecular complexity index is 683. The Labute approximate surface area is 112 Å². The molecule has 0 atom stereocenters. The van der Waals surface area contributed by atoms with Crippen molar-refractivity contribution in [2.24, 2.45) is 0 Å². The van der Waals surface area contributed by atoms with E-state index in [-0.39, 0.29) is 0 Å². The van der Waals surface area contributed by atoms with E-state index in [2.05, 4.69) is 52.9 Å². The van der Waals surface area contributed by atoms with Crippen LogP contribution in [0.5, 0.6) is 0 Å². The standard InChI is InChI=1S/C16H16N2O/c1-12-9-15(19-18-12)11-17-10-14-7-4-6-13-5-2-3-8-16(13)14/h2-9,17H,10-11H2,1H3. The average Bonchev–Trinajstić information content (AvgIpc) is 2.85. The maximum absolute atomic E-state index is 5.18. The predicted octanol–water partition coefficient (Wildman–Crippen LogP) is 3.43. The number of aryl methyl sites for hydroxylation is 1. The van der Waals surface area contributed by atoms with E-state index in [0.717, 1.165) is 18.0 Å². The third-order valence-electron chi connectivity index (χ3n) is 3.17. The van der Waals surface area contributed by atoms with Crippen molar-refractivity contribution >= 4 is 10.8 Å². The van der Waals surface area contributed by atoms with Crippen molar-refractivity contribution in [2.45, 2.75) is 20.0 Å². The summed E-state index contributed by atoms with van der Waals surface area (Å²) in [5.41, 5.74) is 2.22. The van der Waals surface area contributed by atoms with E-state index < -0.39 is 0 Å². The molecule has 0 saturated heterocycles. The van der Waals surface area contributed by atoms with Crippen LogP contribution >= 0.6 is 0 Å². The van der Waals surface area contributed by atoms with Crippen LogP contribution < -0.4 is 5.32 Å². The zero-order valence-corrected chi connectivity index (χ0v) is 10.9. The van der Waals surface area contributed by atoms with Crippen LogP contribution in [0, 0.1) is 6.92 Å². The predicted molar refractivity (Wildman–Crippen MR) is 75.7 cm³/mol. The monoisotopic (exact) mass is 252 g/mol. The maximum atomic E-state index is 5.18. The highest BCUT2D eigenvalue weighted by molar-refractivity contribution is 5.85. The molecule has 3 heteroatoms. The molecule has 0 fully saturated rings. The first kappa shape index (κ1) is 11.9. The Morgan fingerprint density at radius 2 is 1.89 bits per heavy atom. The molecule has 3 nitrogen and oxygen atoms in total. The highest BCUT2D eigenvalue weighted by Crippen LogP contribution is 2.18. The Kier molecular flexibility index (Phi) is 3.29. The van der Waals surface area contributed by atoms with E-state index in [1.54, 1.807) is 0 Å². The van der Waals surface area contributed by atoms with Crippen LogP contribution in [0.1, 0.15) is 17.0 Å². The van der Waals surface area contributed by atoms with Crippen molar-refractivity contribution in [3.8, 4) is 0 Å². The summed E-state index contributed by atoms with van der Waals surface area (Å²) in [6.07, 6.45) is 0. The molecule has 0 aliphatic rings. The number of fused-ring (bicyclic) bond motifs is 1. The minimum atomic E-state index is 0.698. The number of rotatable bonds is 4. The van der Waals surface area contributed by atoms with E-state index in [9.17, 15) is 0 Å². The zero-order chi connectivity index (χ0) is 13.1. The molecule has 0 spiro atoms. The highest BCUT2D eigenvalue weighted by Gasteiger charge is 2.02. The molecule has 2 aromatic carbocycles. The van der Waals surface area contributed by atoms with E-state index in [1.807, 2.05) is 13.0 Å². The molecule has 0 amide bonds. The molecule has 0 unspecified atom stereocenters. The van der Waals surface area contributed by atoms with Crippen LogP contribution in [0.15, 0.2) is 53.1 Å². The van der Waals surface area contributed by atoms with E-state index in [0.29, 0.717) is 6.54 Å². The van der Waals surface area contributed by atoms with Gasteiger partial charge in [-0.2, -0.15) is 0 Å². The number of hydrogen-bond donors (Lipinski definition) is 1. The molecule has 0 saturated carbocycles. The Morgan fingerprint density at radius 1 is 1.05 bits per heavy atom. The fourth-order valence-electron chi connectivity index (χ4n) is 2.27. The molecule has 96 valence electrons. The van der Waals surface area contributed by atoms with Crippen molar-refractivity contribution in [1.82, 2.24) is 10.5 Å². The summed E-state index contributed by atoms with van der Waals surface area (Å²) in [5.74, 6) is 0.873. The molecule has 0 radical (unpaired) electrons. The van der Waals surface area contributed by atoms with Crippen LogP contribution in [-0.4, -0.2) is 5.16 Å². The molecule has 1 N–H and O–H groups in total. The average molecular weight is 252 g/mol. The van der Waals surface area contributed by atoms with Gasteiger partial charge in [0.15, 0.2) is 5.76 Å². The molecule has 19 heavy (non-hydrogen) atoms. The van der Waals surface area contributed by atoms with Crippen LogP contribution in [-0.2, 0) is 13.1 Å². The molecule has 0 aliphatic heterocycles. The molecule has 0 aliphatic carbocycles. The maximum Gasteiger partial charge on any atom is 0.150 e. The number of aromatic nitrogens is 1. The Hall–Kier alpha value is -2.13. The molecule has 1 aromatic heterocycles. The second kappa shape index (κ2) is 5.24. The molecule has 0 bridgehead atoms. The van der Waals surface area contributed by atoms with Crippen molar-refractivity contribution in [3.63, 3.8) is 0 Å². The lowest BCUT2D eigenvalue weighted by Gasteiger charge is -2.07. The van der Waals surface area contributed by atoms with Gasteiger partial charge >= 0.3 is 0 Å². The minimum absolute atomic E-state index is 0.698. The normalized spacial score (nSPS) is 11.0. The Balaban J connectivity index is 1.71.